The fourth-order valence-corrected chi connectivity index (χ4v) is 4.52. The SMILES string of the molecule is CC(Sc1nnc(N2CCOCC2)n1Cc1ccccc1)C(=O)NCc1ccccc1Cl. The van der Waals surface area contributed by atoms with Gasteiger partial charge in [-0.3, -0.25) is 9.36 Å². The van der Waals surface area contributed by atoms with Crippen molar-refractivity contribution in [1.82, 2.24) is 20.1 Å². The van der Waals surface area contributed by atoms with Crippen molar-refractivity contribution in [3.8, 4) is 0 Å². The predicted octanol–water partition coefficient (Wildman–Crippen LogP) is 3.61. The average Bonchev–Trinajstić information content (AvgIpc) is 3.21. The molecule has 0 spiro atoms. The van der Waals surface area contributed by atoms with Crippen LogP contribution < -0.4 is 10.2 Å². The molecule has 1 unspecified atom stereocenters. The number of hydrogen-bond donors (Lipinski definition) is 1. The molecule has 1 aromatic heterocycles. The normalized spacial score (nSPS) is 14.9. The van der Waals surface area contributed by atoms with Crippen LogP contribution in [0.5, 0.6) is 0 Å². The van der Waals surface area contributed by atoms with E-state index in [-0.39, 0.29) is 11.2 Å². The largest absolute Gasteiger partial charge is 0.378 e. The van der Waals surface area contributed by atoms with Gasteiger partial charge in [0.2, 0.25) is 11.9 Å². The third-order valence-electron chi connectivity index (χ3n) is 5.24. The lowest BCUT2D eigenvalue weighted by atomic mass is 10.2. The van der Waals surface area contributed by atoms with Crippen molar-refractivity contribution in [2.24, 2.45) is 0 Å². The summed E-state index contributed by atoms with van der Waals surface area (Å²) in [5.74, 6) is 0.737. The van der Waals surface area contributed by atoms with E-state index in [9.17, 15) is 4.79 Å². The molecular weight excluding hydrogens is 446 g/mol. The molecule has 7 nitrogen and oxygen atoms in total. The third kappa shape index (κ3) is 5.62. The first-order chi connectivity index (χ1) is 15.6. The van der Waals surface area contributed by atoms with Gasteiger partial charge in [-0.25, -0.2) is 0 Å². The van der Waals surface area contributed by atoms with Gasteiger partial charge in [-0.05, 0) is 24.1 Å². The lowest BCUT2D eigenvalue weighted by molar-refractivity contribution is -0.120. The zero-order valence-corrected chi connectivity index (χ0v) is 19.5. The molecule has 3 aromatic rings. The van der Waals surface area contributed by atoms with Gasteiger partial charge in [-0.1, -0.05) is 71.9 Å². The van der Waals surface area contributed by atoms with Gasteiger partial charge in [0.1, 0.15) is 0 Å². The number of carbonyl (C=O) groups is 1. The number of halogens is 1. The van der Waals surface area contributed by atoms with Gasteiger partial charge in [0.15, 0.2) is 5.16 Å². The van der Waals surface area contributed by atoms with Crippen molar-refractivity contribution in [2.45, 2.75) is 30.4 Å². The quantitative estimate of drug-likeness (QED) is 0.506. The number of anilines is 1. The maximum absolute atomic E-state index is 12.8. The number of nitrogens with zero attached hydrogens (tertiary/aromatic N) is 4. The van der Waals surface area contributed by atoms with E-state index in [1.165, 1.54) is 11.8 Å². The van der Waals surface area contributed by atoms with Gasteiger partial charge in [0.05, 0.1) is 25.0 Å². The van der Waals surface area contributed by atoms with Crippen LogP contribution in [0.4, 0.5) is 5.95 Å². The molecule has 2 heterocycles. The molecule has 168 valence electrons. The number of carbonyl (C=O) groups excluding carboxylic acids is 1. The smallest absolute Gasteiger partial charge is 0.233 e. The van der Waals surface area contributed by atoms with E-state index in [4.69, 9.17) is 16.3 Å². The molecule has 1 aliphatic rings. The van der Waals surface area contributed by atoms with Crippen LogP contribution in [0.1, 0.15) is 18.1 Å². The summed E-state index contributed by atoms with van der Waals surface area (Å²) in [5.41, 5.74) is 2.04. The molecular formula is C23H26ClN5O2S. The molecule has 1 aliphatic heterocycles. The van der Waals surface area contributed by atoms with Crippen molar-refractivity contribution >= 4 is 35.2 Å². The second kappa shape index (κ2) is 10.8. The summed E-state index contributed by atoms with van der Waals surface area (Å²) in [6.07, 6.45) is 0. The van der Waals surface area contributed by atoms with Crippen molar-refractivity contribution < 1.29 is 9.53 Å². The Kier molecular flexibility index (Phi) is 7.68. The molecule has 1 N–H and O–H groups in total. The third-order valence-corrected chi connectivity index (χ3v) is 6.69. The average molecular weight is 472 g/mol. The first kappa shape index (κ1) is 22.6. The molecule has 1 amide bonds. The van der Waals surface area contributed by atoms with E-state index in [1.54, 1.807) is 0 Å². The number of ether oxygens (including phenoxy) is 1. The Bertz CT molecular complexity index is 1040. The minimum Gasteiger partial charge on any atom is -0.378 e. The summed E-state index contributed by atoms with van der Waals surface area (Å²) in [5, 5.41) is 12.9. The molecule has 9 heteroatoms. The molecule has 0 radical (unpaired) electrons. The molecule has 4 rings (SSSR count). The fourth-order valence-electron chi connectivity index (χ4n) is 3.45. The number of morpholine rings is 1. The van der Waals surface area contributed by atoms with Crippen molar-refractivity contribution in [3.63, 3.8) is 0 Å². The Morgan fingerprint density at radius 3 is 2.59 bits per heavy atom. The lowest BCUT2D eigenvalue weighted by Crippen LogP contribution is -2.38. The highest BCUT2D eigenvalue weighted by molar-refractivity contribution is 8.00. The van der Waals surface area contributed by atoms with E-state index in [0.29, 0.717) is 31.3 Å². The number of amides is 1. The summed E-state index contributed by atoms with van der Waals surface area (Å²) in [7, 11) is 0. The molecule has 0 bridgehead atoms. The van der Waals surface area contributed by atoms with Crippen molar-refractivity contribution in [1.29, 1.82) is 0 Å². The minimum absolute atomic E-state index is 0.0721. The molecule has 0 saturated carbocycles. The van der Waals surface area contributed by atoms with Gasteiger partial charge in [0, 0.05) is 24.7 Å². The summed E-state index contributed by atoms with van der Waals surface area (Å²) < 4.78 is 7.57. The molecule has 0 aliphatic carbocycles. The molecule has 1 atom stereocenters. The molecule has 1 fully saturated rings. The summed E-state index contributed by atoms with van der Waals surface area (Å²) in [6.45, 7) is 5.78. The Balaban J connectivity index is 1.48. The maximum Gasteiger partial charge on any atom is 0.233 e. The van der Waals surface area contributed by atoms with Gasteiger partial charge < -0.3 is 15.0 Å². The second-order valence-corrected chi connectivity index (χ2v) is 9.24. The molecule has 2 aromatic carbocycles. The number of nitrogens with one attached hydrogen (secondary N) is 1. The van der Waals surface area contributed by atoms with Crippen LogP contribution in [0.25, 0.3) is 0 Å². The Morgan fingerprint density at radius 2 is 1.84 bits per heavy atom. The topological polar surface area (TPSA) is 72.3 Å². The number of thioether (sulfide) groups is 1. The van der Waals surface area contributed by atoms with E-state index in [1.807, 2.05) is 49.4 Å². The van der Waals surface area contributed by atoms with Crippen LogP contribution >= 0.6 is 23.4 Å². The maximum atomic E-state index is 12.8. The minimum atomic E-state index is -0.339. The number of benzene rings is 2. The van der Waals surface area contributed by atoms with Gasteiger partial charge in [0.25, 0.3) is 0 Å². The van der Waals surface area contributed by atoms with Crippen molar-refractivity contribution in [2.75, 3.05) is 31.2 Å². The highest BCUT2D eigenvalue weighted by Crippen LogP contribution is 2.27. The number of hydrogen-bond acceptors (Lipinski definition) is 6. The van der Waals surface area contributed by atoms with E-state index in [2.05, 4.69) is 37.1 Å². The Labute approximate surface area is 197 Å². The Morgan fingerprint density at radius 1 is 1.12 bits per heavy atom. The first-order valence-electron chi connectivity index (χ1n) is 10.6. The van der Waals surface area contributed by atoms with Crippen LogP contribution in [-0.4, -0.2) is 52.2 Å². The van der Waals surface area contributed by atoms with Gasteiger partial charge >= 0.3 is 0 Å². The van der Waals surface area contributed by atoms with Crippen LogP contribution in [0.3, 0.4) is 0 Å². The summed E-state index contributed by atoms with van der Waals surface area (Å²) >= 11 is 7.61. The highest BCUT2D eigenvalue weighted by atomic mass is 35.5. The van der Waals surface area contributed by atoms with Gasteiger partial charge in [-0.15, -0.1) is 10.2 Å². The second-order valence-electron chi connectivity index (χ2n) is 7.52. The zero-order chi connectivity index (χ0) is 22.3. The standard InChI is InChI=1S/C23H26ClN5O2S/c1-17(21(30)25-15-19-9-5-6-10-20(19)24)32-23-27-26-22(28-11-13-31-14-12-28)29(23)16-18-7-3-2-4-8-18/h2-10,17H,11-16H2,1H3,(H,25,30). The first-order valence-corrected chi connectivity index (χ1v) is 11.8. The summed E-state index contributed by atoms with van der Waals surface area (Å²) in [6, 6.07) is 17.7. The van der Waals surface area contributed by atoms with E-state index < -0.39 is 0 Å². The highest BCUT2D eigenvalue weighted by Gasteiger charge is 2.24. The number of rotatable bonds is 8. The Hall–Kier alpha value is -2.55. The lowest BCUT2D eigenvalue weighted by Gasteiger charge is -2.28. The van der Waals surface area contributed by atoms with Crippen LogP contribution in [-0.2, 0) is 22.6 Å². The predicted molar refractivity (Wildman–Crippen MR) is 127 cm³/mol. The van der Waals surface area contributed by atoms with Crippen LogP contribution in [0, 0.1) is 0 Å². The summed E-state index contributed by atoms with van der Waals surface area (Å²) in [4.78, 5) is 14.9. The zero-order valence-electron chi connectivity index (χ0n) is 17.9. The molecule has 1 saturated heterocycles. The van der Waals surface area contributed by atoms with Crippen LogP contribution in [0.15, 0.2) is 59.8 Å². The van der Waals surface area contributed by atoms with Crippen molar-refractivity contribution in [3.05, 3.63) is 70.7 Å². The molecule has 32 heavy (non-hydrogen) atoms. The van der Waals surface area contributed by atoms with Crippen LogP contribution in [0.2, 0.25) is 5.02 Å². The number of aromatic nitrogens is 3. The van der Waals surface area contributed by atoms with E-state index >= 15 is 0 Å². The van der Waals surface area contributed by atoms with E-state index in [0.717, 1.165) is 35.3 Å². The van der Waals surface area contributed by atoms with Gasteiger partial charge in [-0.2, -0.15) is 0 Å². The monoisotopic (exact) mass is 471 g/mol. The fraction of sp³-hybridized carbons (Fsp3) is 0.348.